The van der Waals surface area contributed by atoms with Gasteiger partial charge < -0.3 is 4.74 Å². The highest BCUT2D eigenvalue weighted by molar-refractivity contribution is 9.11. The molecule has 7 heteroatoms. The normalized spacial score (nSPS) is 21.8. The van der Waals surface area contributed by atoms with Crippen LogP contribution in [0.4, 0.5) is 0 Å². The number of benzene rings is 2. The topological polar surface area (TPSA) is 41.9 Å². The Hall–Kier alpha value is -1.57. The van der Waals surface area contributed by atoms with Gasteiger partial charge in [0.25, 0.3) is 5.91 Å². The van der Waals surface area contributed by atoms with Crippen LogP contribution in [0.15, 0.2) is 55.2 Å². The summed E-state index contributed by atoms with van der Waals surface area (Å²) in [6, 6.07) is 13.0. The molecule has 37 heavy (non-hydrogen) atoms. The zero-order valence-electron chi connectivity index (χ0n) is 21.3. The van der Waals surface area contributed by atoms with Crippen molar-refractivity contribution in [2.45, 2.75) is 89.8 Å². The standard InChI is InChI=1S/C30H34Br2N2O2S/c1-20-9-8-10-21(15-20)19-36-28-25(31)16-22(17-26(28)32)18-27-29(35)34(24-13-6-3-7-14-24)30(37-27)33-23-11-4-2-5-12-23/h8-10,15-18,23-24H,2-7,11-14,19H2,1H3. The molecular weight excluding hydrogens is 612 g/mol. The summed E-state index contributed by atoms with van der Waals surface area (Å²) >= 11 is 8.94. The number of hydrogen-bond donors (Lipinski definition) is 0. The van der Waals surface area contributed by atoms with Crippen molar-refractivity contribution >= 4 is 60.8 Å². The molecule has 0 spiro atoms. The lowest BCUT2D eigenvalue weighted by Gasteiger charge is -2.31. The highest BCUT2D eigenvalue weighted by atomic mass is 79.9. The van der Waals surface area contributed by atoms with Crippen LogP contribution in [0.2, 0.25) is 0 Å². The Bertz CT molecular complexity index is 1180. The van der Waals surface area contributed by atoms with Crippen molar-refractivity contribution in [1.82, 2.24) is 4.90 Å². The summed E-state index contributed by atoms with van der Waals surface area (Å²) in [5.74, 6) is 0.871. The van der Waals surface area contributed by atoms with Gasteiger partial charge in [0, 0.05) is 6.04 Å². The molecule has 3 aliphatic rings. The number of carbonyl (C=O) groups excluding carboxylic acids is 1. The number of amidine groups is 1. The summed E-state index contributed by atoms with van der Waals surface area (Å²) < 4.78 is 7.86. The van der Waals surface area contributed by atoms with E-state index in [0.717, 1.165) is 61.6 Å². The first-order valence-electron chi connectivity index (χ1n) is 13.5. The Morgan fingerprint density at radius 3 is 2.35 bits per heavy atom. The van der Waals surface area contributed by atoms with Crippen LogP contribution in [0.1, 0.15) is 80.9 Å². The maximum atomic E-state index is 13.7. The van der Waals surface area contributed by atoms with E-state index in [9.17, 15) is 4.79 Å². The van der Waals surface area contributed by atoms with E-state index in [0.29, 0.717) is 12.6 Å². The zero-order chi connectivity index (χ0) is 25.8. The van der Waals surface area contributed by atoms with Gasteiger partial charge in [0.05, 0.1) is 19.9 Å². The second kappa shape index (κ2) is 12.5. The van der Waals surface area contributed by atoms with E-state index in [1.165, 1.54) is 44.1 Å². The zero-order valence-corrected chi connectivity index (χ0v) is 25.3. The quantitative estimate of drug-likeness (QED) is 0.294. The minimum atomic E-state index is 0.110. The Kier molecular flexibility index (Phi) is 9.14. The molecule has 196 valence electrons. The van der Waals surface area contributed by atoms with E-state index >= 15 is 0 Å². The van der Waals surface area contributed by atoms with Gasteiger partial charge >= 0.3 is 0 Å². The number of aliphatic imine (C=N–C) groups is 1. The smallest absolute Gasteiger partial charge is 0.266 e. The van der Waals surface area contributed by atoms with Crippen LogP contribution in [0.25, 0.3) is 6.08 Å². The Morgan fingerprint density at radius 2 is 1.68 bits per heavy atom. The average molecular weight is 646 g/mol. The molecule has 5 rings (SSSR count). The first-order chi connectivity index (χ1) is 18.0. The van der Waals surface area contributed by atoms with Gasteiger partial charge in [0.2, 0.25) is 0 Å². The maximum absolute atomic E-state index is 13.7. The number of ether oxygens (including phenoxy) is 1. The van der Waals surface area contributed by atoms with Crippen LogP contribution in [-0.2, 0) is 11.4 Å². The second-order valence-electron chi connectivity index (χ2n) is 10.4. The van der Waals surface area contributed by atoms with E-state index in [4.69, 9.17) is 9.73 Å². The molecule has 2 saturated carbocycles. The number of rotatable bonds is 6. The van der Waals surface area contributed by atoms with Crippen molar-refractivity contribution in [1.29, 1.82) is 0 Å². The monoisotopic (exact) mass is 644 g/mol. The largest absolute Gasteiger partial charge is 0.487 e. The lowest BCUT2D eigenvalue weighted by molar-refractivity contribution is -0.124. The number of hydrogen-bond acceptors (Lipinski definition) is 4. The Morgan fingerprint density at radius 1 is 1.00 bits per heavy atom. The van der Waals surface area contributed by atoms with Crippen LogP contribution in [-0.4, -0.2) is 28.1 Å². The van der Waals surface area contributed by atoms with Gasteiger partial charge in [0.1, 0.15) is 12.4 Å². The van der Waals surface area contributed by atoms with Gasteiger partial charge in [0.15, 0.2) is 5.17 Å². The first-order valence-corrected chi connectivity index (χ1v) is 15.9. The van der Waals surface area contributed by atoms with Crippen molar-refractivity contribution in [2.75, 3.05) is 0 Å². The third kappa shape index (κ3) is 6.72. The molecule has 1 aliphatic heterocycles. The van der Waals surface area contributed by atoms with Gasteiger partial charge in [-0.25, -0.2) is 0 Å². The van der Waals surface area contributed by atoms with Gasteiger partial charge in [-0.15, -0.1) is 0 Å². The highest BCUT2D eigenvalue weighted by Gasteiger charge is 2.39. The Labute approximate surface area is 241 Å². The second-order valence-corrected chi connectivity index (χ2v) is 13.1. The molecule has 3 fully saturated rings. The number of amides is 1. The lowest BCUT2D eigenvalue weighted by atomic mass is 9.94. The molecule has 2 aromatic carbocycles. The van der Waals surface area contributed by atoms with E-state index in [1.54, 1.807) is 11.8 Å². The minimum Gasteiger partial charge on any atom is -0.487 e. The molecule has 0 aromatic heterocycles. The number of thioether (sulfide) groups is 1. The van der Waals surface area contributed by atoms with Crippen LogP contribution in [0.5, 0.6) is 5.75 Å². The summed E-state index contributed by atoms with van der Waals surface area (Å²) in [5.41, 5.74) is 3.30. The number of carbonyl (C=O) groups is 1. The predicted octanol–water partition coefficient (Wildman–Crippen LogP) is 9.04. The van der Waals surface area contributed by atoms with Gasteiger partial charge in [-0.2, -0.15) is 0 Å². The summed E-state index contributed by atoms with van der Waals surface area (Å²) in [7, 11) is 0. The lowest BCUT2D eigenvalue weighted by Crippen LogP contribution is -2.41. The van der Waals surface area contributed by atoms with Crippen molar-refractivity contribution in [3.8, 4) is 5.75 Å². The van der Waals surface area contributed by atoms with Crippen molar-refractivity contribution in [2.24, 2.45) is 4.99 Å². The third-order valence-corrected chi connectivity index (χ3v) is 9.60. The average Bonchev–Trinajstić information content (AvgIpc) is 3.18. The van der Waals surface area contributed by atoms with E-state index < -0.39 is 0 Å². The van der Waals surface area contributed by atoms with Gasteiger partial charge in [-0.05, 0) is 106 Å². The molecule has 0 atom stereocenters. The molecule has 4 nitrogen and oxygen atoms in total. The molecule has 2 aliphatic carbocycles. The van der Waals surface area contributed by atoms with E-state index in [2.05, 4.69) is 57.0 Å². The van der Waals surface area contributed by atoms with Crippen LogP contribution >= 0.6 is 43.6 Å². The highest BCUT2D eigenvalue weighted by Crippen LogP contribution is 2.40. The third-order valence-electron chi connectivity index (χ3n) is 7.43. The molecule has 0 unspecified atom stereocenters. The minimum absolute atomic E-state index is 0.110. The fourth-order valence-corrected chi connectivity index (χ4v) is 8.07. The number of aryl methyl sites for hydroxylation is 1. The van der Waals surface area contributed by atoms with E-state index in [1.807, 2.05) is 29.2 Å². The number of nitrogens with zero attached hydrogens (tertiary/aromatic N) is 2. The van der Waals surface area contributed by atoms with Crippen molar-refractivity contribution < 1.29 is 9.53 Å². The van der Waals surface area contributed by atoms with E-state index in [-0.39, 0.29) is 11.9 Å². The summed E-state index contributed by atoms with van der Waals surface area (Å²) in [6.45, 7) is 2.58. The molecule has 1 heterocycles. The summed E-state index contributed by atoms with van der Waals surface area (Å²) in [5, 5.41) is 0.922. The number of halogens is 2. The SMILES string of the molecule is Cc1cccc(COc2c(Br)cc(C=C3SC(=NC4CCCCC4)N(C4CCCCC4)C3=O)cc2Br)c1. The maximum Gasteiger partial charge on any atom is 0.266 e. The Balaban J connectivity index is 1.37. The first kappa shape index (κ1) is 27.0. The van der Waals surface area contributed by atoms with Crippen molar-refractivity contribution in [3.63, 3.8) is 0 Å². The molecule has 1 amide bonds. The van der Waals surface area contributed by atoms with Crippen molar-refractivity contribution in [3.05, 3.63) is 66.9 Å². The van der Waals surface area contributed by atoms with Gasteiger partial charge in [-0.1, -0.05) is 68.4 Å². The molecular formula is C30H34Br2N2O2S. The molecule has 0 radical (unpaired) electrons. The van der Waals surface area contributed by atoms with Crippen LogP contribution in [0, 0.1) is 6.92 Å². The van der Waals surface area contributed by atoms with Gasteiger partial charge in [-0.3, -0.25) is 14.7 Å². The molecule has 1 saturated heterocycles. The summed E-state index contributed by atoms with van der Waals surface area (Å²) in [4.78, 5) is 21.6. The fraction of sp³-hybridized carbons (Fsp3) is 0.467. The molecule has 0 N–H and O–H groups in total. The molecule has 0 bridgehead atoms. The predicted molar refractivity (Wildman–Crippen MR) is 161 cm³/mol. The summed E-state index contributed by atoms with van der Waals surface area (Å²) in [6.07, 6.45) is 13.9. The fourth-order valence-electron chi connectivity index (χ4n) is 5.51. The van der Waals surface area contributed by atoms with Crippen LogP contribution in [0.3, 0.4) is 0 Å². The van der Waals surface area contributed by atoms with Crippen LogP contribution < -0.4 is 4.74 Å². The molecule has 2 aromatic rings.